The van der Waals surface area contributed by atoms with Gasteiger partial charge in [-0.3, -0.25) is 19.5 Å². The first kappa shape index (κ1) is 24.9. The summed E-state index contributed by atoms with van der Waals surface area (Å²) >= 11 is 7.26. The predicted octanol–water partition coefficient (Wildman–Crippen LogP) is 4.75. The largest absolute Gasteiger partial charge is 0.497 e. The molecule has 36 heavy (non-hydrogen) atoms. The lowest BCUT2D eigenvalue weighted by Gasteiger charge is -2.11. The summed E-state index contributed by atoms with van der Waals surface area (Å²) in [5.74, 6) is 0.997. The molecule has 0 spiro atoms. The molecule has 0 bridgehead atoms. The second kappa shape index (κ2) is 11.5. The van der Waals surface area contributed by atoms with Gasteiger partial charge in [0.15, 0.2) is 11.0 Å². The lowest BCUT2D eigenvalue weighted by molar-refractivity contribution is -0.384. The Bertz CT molecular complexity index is 1390. The van der Waals surface area contributed by atoms with E-state index < -0.39 is 4.92 Å². The first-order valence-corrected chi connectivity index (χ1v) is 11.9. The van der Waals surface area contributed by atoms with Gasteiger partial charge in [0.25, 0.3) is 11.6 Å². The molecular weight excluding hydrogens is 504 g/mol. The number of carbonyl (C=O) groups excluding carboxylic acids is 1. The minimum absolute atomic E-state index is 0.0219. The van der Waals surface area contributed by atoms with Gasteiger partial charge >= 0.3 is 0 Å². The van der Waals surface area contributed by atoms with Gasteiger partial charge in [0.2, 0.25) is 0 Å². The van der Waals surface area contributed by atoms with E-state index in [9.17, 15) is 14.9 Å². The van der Waals surface area contributed by atoms with Gasteiger partial charge in [0.05, 0.1) is 24.0 Å². The molecule has 0 fully saturated rings. The van der Waals surface area contributed by atoms with Crippen LogP contribution in [0.25, 0.3) is 17.1 Å². The number of methoxy groups -OCH3 is 1. The Morgan fingerprint density at radius 1 is 1.11 bits per heavy atom. The number of rotatable bonds is 9. The van der Waals surface area contributed by atoms with Crippen LogP contribution in [0.4, 0.5) is 5.69 Å². The monoisotopic (exact) mass is 522 g/mol. The van der Waals surface area contributed by atoms with E-state index in [-0.39, 0.29) is 17.3 Å². The van der Waals surface area contributed by atoms with E-state index in [4.69, 9.17) is 16.3 Å². The maximum atomic E-state index is 12.4. The first-order valence-electron chi connectivity index (χ1n) is 10.5. The number of hydrazone groups is 1. The number of benzene rings is 3. The molecule has 12 heteroatoms. The quantitative estimate of drug-likeness (QED) is 0.145. The van der Waals surface area contributed by atoms with Gasteiger partial charge in [0, 0.05) is 28.4 Å². The molecule has 0 radical (unpaired) electrons. The summed E-state index contributed by atoms with van der Waals surface area (Å²) < 4.78 is 7.08. The molecule has 1 N–H and O–H groups in total. The van der Waals surface area contributed by atoms with Crippen LogP contribution in [-0.4, -0.2) is 44.7 Å². The molecule has 0 aliphatic carbocycles. The number of nitrogens with one attached hydrogen (secondary N) is 1. The molecule has 0 unspecified atom stereocenters. The van der Waals surface area contributed by atoms with Crippen molar-refractivity contribution >= 4 is 41.2 Å². The zero-order valence-corrected chi connectivity index (χ0v) is 20.4. The van der Waals surface area contributed by atoms with Gasteiger partial charge in [-0.15, -0.1) is 10.2 Å². The van der Waals surface area contributed by atoms with Crippen molar-refractivity contribution in [2.45, 2.75) is 5.16 Å². The van der Waals surface area contributed by atoms with Crippen LogP contribution in [0.15, 0.2) is 83.1 Å². The number of ether oxygens (including phenoxy) is 1. The van der Waals surface area contributed by atoms with Crippen LogP contribution in [-0.2, 0) is 4.79 Å². The average molecular weight is 523 g/mol. The number of hydrogen-bond acceptors (Lipinski definition) is 8. The summed E-state index contributed by atoms with van der Waals surface area (Å²) in [4.78, 5) is 22.6. The van der Waals surface area contributed by atoms with Crippen LogP contribution in [0, 0.1) is 10.1 Å². The topological polar surface area (TPSA) is 125 Å². The Kier molecular flexibility index (Phi) is 7.93. The SMILES string of the molecule is COc1ccc(-c2nnc(SCC(=O)N/N=C\c3ccc([N+](=O)[O-])cc3)n2-c2ccc(Cl)cc2)cc1. The van der Waals surface area contributed by atoms with Crippen molar-refractivity contribution in [3.63, 3.8) is 0 Å². The molecule has 10 nitrogen and oxygen atoms in total. The summed E-state index contributed by atoms with van der Waals surface area (Å²) in [6, 6.07) is 20.5. The van der Waals surface area contributed by atoms with Gasteiger partial charge in [-0.25, -0.2) is 5.43 Å². The Labute approximate surface area is 215 Å². The van der Waals surface area contributed by atoms with Crippen LogP contribution >= 0.6 is 23.4 Å². The Hall–Kier alpha value is -4.22. The number of amides is 1. The zero-order valence-electron chi connectivity index (χ0n) is 18.9. The highest BCUT2D eigenvalue weighted by Crippen LogP contribution is 2.29. The summed E-state index contributed by atoms with van der Waals surface area (Å²) in [7, 11) is 1.60. The predicted molar refractivity (Wildman–Crippen MR) is 138 cm³/mol. The van der Waals surface area contributed by atoms with Gasteiger partial charge < -0.3 is 4.74 Å². The van der Waals surface area contributed by atoms with E-state index in [1.165, 1.54) is 42.2 Å². The molecule has 182 valence electrons. The third kappa shape index (κ3) is 6.06. The lowest BCUT2D eigenvalue weighted by Crippen LogP contribution is -2.20. The van der Waals surface area contributed by atoms with Gasteiger partial charge in [-0.1, -0.05) is 23.4 Å². The van der Waals surface area contributed by atoms with E-state index in [1.54, 1.807) is 19.2 Å². The molecule has 0 saturated carbocycles. The van der Waals surface area contributed by atoms with Crippen molar-refractivity contribution < 1.29 is 14.5 Å². The number of non-ortho nitro benzene ring substituents is 1. The highest BCUT2D eigenvalue weighted by atomic mass is 35.5. The molecule has 1 aromatic heterocycles. The van der Waals surface area contributed by atoms with Gasteiger partial charge in [-0.05, 0) is 66.2 Å². The van der Waals surface area contributed by atoms with E-state index in [2.05, 4.69) is 20.7 Å². The summed E-state index contributed by atoms with van der Waals surface area (Å²) in [6.45, 7) is 0. The van der Waals surface area contributed by atoms with Crippen LogP contribution in [0.5, 0.6) is 5.75 Å². The fraction of sp³-hybridized carbons (Fsp3) is 0.0833. The molecule has 0 atom stereocenters. The average Bonchev–Trinajstić information content (AvgIpc) is 3.32. The highest BCUT2D eigenvalue weighted by Gasteiger charge is 2.17. The molecule has 4 aromatic rings. The second-order valence-electron chi connectivity index (χ2n) is 7.28. The van der Waals surface area contributed by atoms with E-state index >= 15 is 0 Å². The van der Waals surface area contributed by atoms with Crippen molar-refractivity contribution in [2.75, 3.05) is 12.9 Å². The summed E-state index contributed by atoms with van der Waals surface area (Å²) in [5.41, 5.74) is 4.64. The summed E-state index contributed by atoms with van der Waals surface area (Å²) in [6.07, 6.45) is 1.41. The molecule has 0 saturated heterocycles. The minimum Gasteiger partial charge on any atom is -0.497 e. The molecule has 0 aliphatic rings. The van der Waals surface area contributed by atoms with Gasteiger partial charge in [-0.2, -0.15) is 5.10 Å². The molecular formula is C24H19ClN6O4S. The van der Waals surface area contributed by atoms with Crippen LogP contribution in [0.1, 0.15) is 5.56 Å². The van der Waals surface area contributed by atoms with E-state index in [1.807, 2.05) is 41.0 Å². The maximum Gasteiger partial charge on any atom is 0.269 e. The normalized spacial score (nSPS) is 10.9. The van der Waals surface area contributed by atoms with Crippen molar-refractivity contribution in [3.05, 3.63) is 93.5 Å². The molecule has 4 rings (SSSR count). The zero-order chi connectivity index (χ0) is 25.5. The molecule has 0 aliphatic heterocycles. The van der Waals surface area contributed by atoms with Gasteiger partial charge in [0.1, 0.15) is 5.75 Å². The highest BCUT2D eigenvalue weighted by molar-refractivity contribution is 7.99. The van der Waals surface area contributed by atoms with Crippen molar-refractivity contribution in [2.24, 2.45) is 5.10 Å². The van der Waals surface area contributed by atoms with Crippen molar-refractivity contribution in [3.8, 4) is 22.8 Å². The number of halogens is 1. The smallest absolute Gasteiger partial charge is 0.269 e. The Balaban J connectivity index is 1.48. The molecule has 3 aromatic carbocycles. The first-order chi connectivity index (χ1) is 17.4. The number of nitro groups is 1. The third-order valence-electron chi connectivity index (χ3n) is 4.91. The van der Waals surface area contributed by atoms with Crippen LogP contribution in [0.3, 0.4) is 0 Å². The molecule has 1 amide bonds. The third-order valence-corrected chi connectivity index (χ3v) is 6.09. The number of hydrogen-bond donors (Lipinski definition) is 1. The number of aromatic nitrogens is 3. The Morgan fingerprint density at radius 2 is 1.81 bits per heavy atom. The van der Waals surface area contributed by atoms with Crippen LogP contribution < -0.4 is 10.2 Å². The number of nitro benzene ring substituents is 1. The number of carbonyl (C=O) groups is 1. The van der Waals surface area contributed by atoms with E-state index in [0.717, 1.165) is 17.0 Å². The fourth-order valence-corrected chi connectivity index (χ4v) is 4.01. The number of thioether (sulfide) groups is 1. The molecule has 1 heterocycles. The summed E-state index contributed by atoms with van der Waals surface area (Å²) in [5, 5.41) is 24.4. The fourth-order valence-electron chi connectivity index (χ4n) is 3.14. The standard InChI is InChI=1S/C24H19ClN6O4S/c1-35-21-12-4-17(5-13-21)23-28-29-24(30(23)19-10-6-18(25)7-11-19)36-15-22(32)27-26-14-16-2-8-20(9-3-16)31(33)34/h2-14H,15H2,1H3,(H,27,32)/b26-14-. The maximum absolute atomic E-state index is 12.4. The number of nitrogens with zero attached hydrogens (tertiary/aromatic N) is 5. The van der Waals surface area contributed by atoms with Crippen molar-refractivity contribution in [1.82, 2.24) is 20.2 Å². The lowest BCUT2D eigenvalue weighted by atomic mass is 10.2. The minimum atomic E-state index is -0.483. The second-order valence-corrected chi connectivity index (χ2v) is 8.66. The van der Waals surface area contributed by atoms with Crippen molar-refractivity contribution in [1.29, 1.82) is 0 Å². The van der Waals surface area contributed by atoms with Crippen LogP contribution in [0.2, 0.25) is 5.02 Å². The van der Waals surface area contributed by atoms with E-state index in [0.29, 0.717) is 21.6 Å². The Morgan fingerprint density at radius 3 is 2.44 bits per heavy atom.